The number of alkyl halides is 1. The Morgan fingerprint density at radius 3 is 2.75 bits per heavy atom. The lowest BCUT2D eigenvalue weighted by Gasteiger charge is -2.26. The summed E-state index contributed by atoms with van der Waals surface area (Å²) >= 11 is 5.18. The van der Waals surface area contributed by atoms with Gasteiger partial charge in [-0.25, -0.2) is 4.39 Å². The molecule has 0 amide bonds. The third-order valence-electron chi connectivity index (χ3n) is 3.26. The van der Waals surface area contributed by atoms with Crippen molar-refractivity contribution < 1.29 is 4.39 Å². The number of nitrogens with one attached hydrogen (secondary N) is 1. The normalized spacial score (nSPS) is 26.2. The van der Waals surface area contributed by atoms with Crippen LogP contribution in [0.2, 0.25) is 0 Å². The summed E-state index contributed by atoms with van der Waals surface area (Å²) in [5.41, 5.74) is 0. The molecular weight excluding hydrogens is 225 g/mol. The Hall–Kier alpha value is -0.710. The van der Waals surface area contributed by atoms with E-state index in [1.54, 1.807) is 0 Å². The summed E-state index contributed by atoms with van der Waals surface area (Å²) in [6.45, 7) is 4.09. The van der Waals surface area contributed by atoms with Crippen molar-refractivity contribution in [3.8, 4) is 0 Å². The second kappa shape index (κ2) is 4.65. The van der Waals surface area contributed by atoms with Crippen LogP contribution >= 0.6 is 12.2 Å². The van der Waals surface area contributed by atoms with E-state index in [4.69, 9.17) is 12.2 Å². The molecule has 0 spiro atoms. The molecule has 2 rings (SSSR count). The van der Waals surface area contributed by atoms with Crippen molar-refractivity contribution in [3.05, 3.63) is 10.6 Å². The summed E-state index contributed by atoms with van der Waals surface area (Å²) in [6, 6.07) is 0.232. The van der Waals surface area contributed by atoms with Crippen molar-refractivity contribution in [1.29, 1.82) is 0 Å². The van der Waals surface area contributed by atoms with E-state index < -0.39 is 6.17 Å². The summed E-state index contributed by atoms with van der Waals surface area (Å²) in [7, 11) is 0. The highest BCUT2D eigenvalue weighted by Crippen LogP contribution is 2.34. The number of H-pyrrole nitrogens is 1. The number of aromatic amines is 1. The molecule has 0 aromatic carbocycles. The molecule has 1 aromatic rings. The average Bonchev–Trinajstić information content (AvgIpc) is 2.61. The molecular formula is C11H18FN3S. The molecule has 2 atom stereocenters. The largest absolute Gasteiger partial charge is 0.301 e. The van der Waals surface area contributed by atoms with Crippen LogP contribution in [-0.4, -0.2) is 20.9 Å². The van der Waals surface area contributed by atoms with Gasteiger partial charge in [0.25, 0.3) is 0 Å². The molecule has 90 valence electrons. The second-order valence-electron chi connectivity index (χ2n) is 4.76. The van der Waals surface area contributed by atoms with Crippen LogP contribution in [0.3, 0.4) is 0 Å². The van der Waals surface area contributed by atoms with Gasteiger partial charge in [-0.2, -0.15) is 5.10 Å². The Bertz CT molecular complexity index is 410. The Labute approximate surface area is 100 Å². The van der Waals surface area contributed by atoms with Crippen LogP contribution in [0, 0.1) is 4.77 Å². The fourth-order valence-corrected chi connectivity index (χ4v) is 2.80. The average molecular weight is 243 g/mol. The fourth-order valence-electron chi connectivity index (χ4n) is 2.45. The highest BCUT2D eigenvalue weighted by Gasteiger charge is 2.30. The maximum Gasteiger partial charge on any atom is 0.195 e. The molecule has 1 aliphatic rings. The second-order valence-corrected chi connectivity index (χ2v) is 5.14. The van der Waals surface area contributed by atoms with E-state index in [1.165, 1.54) is 0 Å². The predicted molar refractivity (Wildman–Crippen MR) is 63.9 cm³/mol. The molecule has 1 heterocycles. The van der Waals surface area contributed by atoms with Gasteiger partial charge >= 0.3 is 0 Å². The molecule has 1 N–H and O–H groups in total. The predicted octanol–water partition coefficient (Wildman–Crippen LogP) is 3.52. The molecule has 0 aliphatic heterocycles. The zero-order chi connectivity index (χ0) is 11.7. The number of nitrogens with zero attached hydrogens (tertiary/aromatic N) is 2. The number of aromatic nitrogens is 3. The minimum absolute atomic E-state index is 0.0795. The van der Waals surface area contributed by atoms with Gasteiger partial charge in [-0.05, 0) is 38.9 Å². The molecule has 0 saturated heterocycles. The van der Waals surface area contributed by atoms with E-state index in [0.717, 1.165) is 25.1 Å². The molecule has 2 unspecified atom stereocenters. The summed E-state index contributed by atoms with van der Waals surface area (Å²) in [6.07, 6.45) is 2.85. The number of hydrogen-bond acceptors (Lipinski definition) is 2. The molecule has 1 saturated carbocycles. The maximum atomic E-state index is 13.9. The van der Waals surface area contributed by atoms with Crippen LogP contribution in [0.25, 0.3) is 0 Å². The SMILES string of the molecule is CC(C)n1c(C2CCCCC2F)n[nH]c1=S. The molecule has 3 nitrogen and oxygen atoms in total. The quantitative estimate of drug-likeness (QED) is 0.806. The van der Waals surface area contributed by atoms with Gasteiger partial charge in [0.2, 0.25) is 0 Å². The van der Waals surface area contributed by atoms with Gasteiger partial charge in [-0.1, -0.05) is 12.8 Å². The molecule has 1 aromatic heterocycles. The standard InChI is InChI=1S/C11H18FN3S/c1-7(2)15-10(13-14-11(15)16)8-5-3-4-6-9(8)12/h7-9H,3-6H2,1-2H3,(H,14,16). The highest BCUT2D eigenvalue weighted by atomic mass is 32.1. The van der Waals surface area contributed by atoms with E-state index in [-0.39, 0.29) is 12.0 Å². The smallest absolute Gasteiger partial charge is 0.195 e. The first-order valence-corrected chi connectivity index (χ1v) is 6.33. The van der Waals surface area contributed by atoms with Gasteiger partial charge in [-0.3, -0.25) is 5.10 Å². The topological polar surface area (TPSA) is 33.6 Å². The van der Waals surface area contributed by atoms with E-state index in [1.807, 2.05) is 18.4 Å². The van der Waals surface area contributed by atoms with E-state index >= 15 is 0 Å². The third-order valence-corrected chi connectivity index (χ3v) is 3.55. The molecule has 16 heavy (non-hydrogen) atoms. The molecule has 1 fully saturated rings. The molecule has 1 aliphatic carbocycles. The van der Waals surface area contributed by atoms with Crippen molar-refractivity contribution in [1.82, 2.24) is 14.8 Å². The van der Waals surface area contributed by atoms with Crippen molar-refractivity contribution >= 4 is 12.2 Å². The van der Waals surface area contributed by atoms with Gasteiger partial charge in [0.05, 0.1) is 5.92 Å². The van der Waals surface area contributed by atoms with E-state index in [0.29, 0.717) is 11.2 Å². The van der Waals surface area contributed by atoms with Gasteiger partial charge in [-0.15, -0.1) is 0 Å². The maximum absolute atomic E-state index is 13.9. The van der Waals surface area contributed by atoms with Crippen LogP contribution in [0.4, 0.5) is 4.39 Å². The van der Waals surface area contributed by atoms with Gasteiger partial charge < -0.3 is 4.57 Å². The van der Waals surface area contributed by atoms with Crippen LogP contribution in [0.15, 0.2) is 0 Å². The minimum atomic E-state index is -0.767. The summed E-state index contributed by atoms with van der Waals surface area (Å²) in [5, 5.41) is 7.00. The van der Waals surface area contributed by atoms with Crippen molar-refractivity contribution in [2.75, 3.05) is 0 Å². The molecule has 0 radical (unpaired) electrons. The first kappa shape index (κ1) is 11.8. The lowest BCUT2D eigenvalue weighted by molar-refractivity contribution is 0.205. The minimum Gasteiger partial charge on any atom is -0.301 e. The first-order valence-electron chi connectivity index (χ1n) is 5.92. The summed E-state index contributed by atoms with van der Waals surface area (Å²) in [4.78, 5) is 0. The molecule has 0 bridgehead atoms. The van der Waals surface area contributed by atoms with Gasteiger partial charge in [0.15, 0.2) is 4.77 Å². The van der Waals surface area contributed by atoms with Crippen molar-refractivity contribution in [2.45, 2.75) is 57.7 Å². The van der Waals surface area contributed by atoms with E-state index in [2.05, 4.69) is 10.2 Å². The van der Waals surface area contributed by atoms with Crippen molar-refractivity contribution in [2.24, 2.45) is 0 Å². The first-order chi connectivity index (χ1) is 7.61. The van der Waals surface area contributed by atoms with Crippen LogP contribution < -0.4 is 0 Å². The lowest BCUT2D eigenvalue weighted by atomic mass is 9.87. The van der Waals surface area contributed by atoms with Gasteiger partial charge in [0, 0.05) is 6.04 Å². The summed E-state index contributed by atoms with van der Waals surface area (Å²) in [5.74, 6) is 0.719. The van der Waals surface area contributed by atoms with Crippen LogP contribution in [0.1, 0.15) is 57.3 Å². The Morgan fingerprint density at radius 1 is 1.44 bits per heavy atom. The summed E-state index contributed by atoms with van der Waals surface area (Å²) < 4.78 is 16.4. The Morgan fingerprint density at radius 2 is 2.12 bits per heavy atom. The van der Waals surface area contributed by atoms with Crippen molar-refractivity contribution in [3.63, 3.8) is 0 Å². The number of rotatable bonds is 2. The van der Waals surface area contributed by atoms with Crippen LogP contribution in [0.5, 0.6) is 0 Å². The van der Waals surface area contributed by atoms with Gasteiger partial charge in [0.1, 0.15) is 12.0 Å². The molecule has 5 heteroatoms. The van der Waals surface area contributed by atoms with Crippen LogP contribution in [-0.2, 0) is 0 Å². The zero-order valence-electron chi connectivity index (χ0n) is 9.74. The Balaban J connectivity index is 2.35. The number of hydrogen-bond donors (Lipinski definition) is 1. The zero-order valence-corrected chi connectivity index (χ0v) is 10.6. The highest BCUT2D eigenvalue weighted by molar-refractivity contribution is 7.71. The Kier molecular flexibility index (Phi) is 3.42. The monoisotopic (exact) mass is 243 g/mol. The number of halogens is 1. The fraction of sp³-hybridized carbons (Fsp3) is 0.818. The third kappa shape index (κ3) is 2.05. The van der Waals surface area contributed by atoms with E-state index in [9.17, 15) is 4.39 Å². The lowest BCUT2D eigenvalue weighted by Crippen LogP contribution is -2.23.